The Kier molecular flexibility index (Phi) is 5.16. The summed E-state index contributed by atoms with van der Waals surface area (Å²) in [7, 11) is 0. The third kappa shape index (κ3) is 3.83. The van der Waals surface area contributed by atoms with Gasteiger partial charge in [-0.25, -0.2) is 0 Å². The summed E-state index contributed by atoms with van der Waals surface area (Å²) in [5.41, 5.74) is 2.41. The van der Waals surface area contributed by atoms with Crippen LogP contribution in [0.3, 0.4) is 0 Å². The first-order valence-electron chi connectivity index (χ1n) is 7.40. The number of aryl methyl sites for hydroxylation is 2. The number of anilines is 1. The SMILES string of the molecule is CCCCc1noc(C(C)Nc2ccc(CC)cc2)n1. The fourth-order valence-corrected chi connectivity index (χ4v) is 2.03. The van der Waals surface area contributed by atoms with Crippen molar-refractivity contribution in [2.24, 2.45) is 0 Å². The van der Waals surface area contributed by atoms with Crippen LogP contribution in [-0.2, 0) is 12.8 Å². The molecule has 0 saturated carbocycles. The van der Waals surface area contributed by atoms with Crippen molar-refractivity contribution in [2.45, 2.75) is 52.5 Å². The summed E-state index contributed by atoms with van der Waals surface area (Å²) in [5.74, 6) is 1.45. The van der Waals surface area contributed by atoms with Crippen molar-refractivity contribution in [1.82, 2.24) is 10.1 Å². The summed E-state index contributed by atoms with van der Waals surface area (Å²) in [5, 5.41) is 7.40. The Bertz CT molecular complexity index is 519. The summed E-state index contributed by atoms with van der Waals surface area (Å²) < 4.78 is 5.32. The largest absolute Gasteiger partial charge is 0.374 e. The zero-order valence-corrected chi connectivity index (χ0v) is 12.5. The maximum Gasteiger partial charge on any atom is 0.248 e. The maximum absolute atomic E-state index is 5.32. The van der Waals surface area contributed by atoms with Gasteiger partial charge in [-0.15, -0.1) is 0 Å². The van der Waals surface area contributed by atoms with E-state index in [2.05, 4.69) is 53.6 Å². The molecule has 0 amide bonds. The van der Waals surface area contributed by atoms with Crippen LogP contribution in [0.2, 0.25) is 0 Å². The highest BCUT2D eigenvalue weighted by Crippen LogP contribution is 2.18. The molecule has 1 aromatic heterocycles. The van der Waals surface area contributed by atoms with Crippen LogP contribution in [0.4, 0.5) is 5.69 Å². The van der Waals surface area contributed by atoms with Crippen LogP contribution in [-0.4, -0.2) is 10.1 Å². The van der Waals surface area contributed by atoms with Gasteiger partial charge in [0.05, 0.1) is 0 Å². The zero-order valence-electron chi connectivity index (χ0n) is 12.5. The molecule has 0 aliphatic rings. The molecule has 0 saturated heterocycles. The maximum atomic E-state index is 5.32. The van der Waals surface area contributed by atoms with E-state index in [1.165, 1.54) is 5.56 Å². The Morgan fingerprint density at radius 3 is 2.60 bits per heavy atom. The number of aromatic nitrogens is 2. The Morgan fingerprint density at radius 1 is 1.20 bits per heavy atom. The number of nitrogens with zero attached hydrogens (tertiary/aromatic N) is 2. The highest BCUT2D eigenvalue weighted by molar-refractivity contribution is 5.45. The molecule has 1 unspecified atom stereocenters. The van der Waals surface area contributed by atoms with Crippen molar-refractivity contribution >= 4 is 5.69 Å². The molecule has 2 aromatic rings. The highest BCUT2D eigenvalue weighted by Gasteiger charge is 2.13. The first-order chi connectivity index (χ1) is 9.72. The Hall–Kier alpha value is -1.84. The topological polar surface area (TPSA) is 51.0 Å². The van der Waals surface area contributed by atoms with Crippen LogP contribution in [0, 0.1) is 0 Å². The van der Waals surface area contributed by atoms with Gasteiger partial charge in [-0.1, -0.05) is 37.6 Å². The number of hydrogen-bond acceptors (Lipinski definition) is 4. The molecule has 4 heteroatoms. The van der Waals surface area contributed by atoms with E-state index in [1.807, 2.05) is 6.92 Å². The second-order valence-corrected chi connectivity index (χ2v) is 5.07. The molecular formula is C16H23N3O. The van der Waals surface area contributed by atoms with Crippen molar-refractivity contribution < 1.29 is 4.52 Å². The summed E-state index contributed by atoms with van der Waals surface area (Å²) >= 11 is 0. The molecule has 1 heterocycles. The summed E-state index contributed by atoms with van der Waals surface area (Å²) in [6.45, 7) is 6.34. The lowest BCUT2D eigenvalue weighted by Gasteiger charge is -2.11. The standard InChI is InChI=1S/C16H23N3O/c1-4-6-7-15-18-16(20-19-15)12(3)17-14-10-8-13(5-2)9-11-14/h8-12,17H,4-7H2,1-3H3. The number of hydrogen-bond donors (Lipinski definition) is 1. The van der Waals surface area contributed by atoms with Crippen LogP contribution in [0.1, 0.15) is 56.9 Å². The summed E-state index contributed by atoms with van der Waals surface area (Å²) in [6.07, 6.45) is 4.18. The lowest BCUT2D eigenvalue weighted by Crippen LogP contribution is -2.07. The van der Waals surface area contributed by atoms with Crippen LogP contribution in [0.15, 0.2) is 28.8 Å². The molecule has 1 aromatic carbocycles. The molecule has 1 N–H and O–H groups in total. The highest BCUT2D eigenvalue weighted by atomic mass is 16.5. The van der Waals surface area contributed by atoms with Gasteiger partial charge in [0.15, 0.2) is 5.82 Å². The Balaban J connectivity index is 1.96. The van der Waals surface area contributed by atoms with Gasteiger partial charge in [0.25, 0.3) is 0 Å². The normalized spacial score (nSPS) is 12.3. The fraction of sp³-hybridized carbons (Fsp3) is 0.500. The summed E-state index contributed by atoms with van der Waals surface area (Å²) in [6, 6.07) is 8.46. The van der Waals surface area contributed by atoms with Gasteiger partial charge >= 0.3 is 0 Å². The molecular weight excluding hydrogens is 250 g/mol. The van der Waals surface area contributed by atoms with E-state index in [9.17, 15) is 0 Å². The van der Waals surface area contributed by atoms with Crippen molar-refractivity contribution in [3.8, 4) is 0 Å². The second-order valence-electron chi connectivity index (χ2n) is 5.07. The van der Waals surface area contributed by atoms with Crippen molar-refractivity contribution in [3.05, 3.63) is 41.5 Å². The first-order valence-corrected chi connectivity index (χ1v) is 7.40. The van der Waals surface area contributed by atoms with E-state index in [-0.39, 0.29) is 6.04 Å². The van der Waals surface area contributed by atoms with Crippen LogP contribution >= 0.6 is 0 Å². The van der Waals surface area contributed by atoms with Gasteiger partial charge in [-0.05, 0) is 37.5 Å². The Labute approximate surface area is 120 Å². The minimum atomic E-state index is 0.0188. The van der Waals surface area contributed by atoms with E-state index in [4.69, 9.17) is 4.52 Å². The lowest BCUT2D eigenvalue weighted by atomic mass is 10.1. The summed E-state index contributed by atoms with van der Waals surface area (Å²) in [4.78, 5) is 4.44. The average molecular weight is 273 g/mol. The third-order valence-corrected chi connectivity index (χ3v) is 3.35. The molecule has 0 aliphatic carbocycles. The molecule has 20 heavy (non-hydrogen) atoms. The lowest BCUT2D eigenvalue weighted by molar-refractivity contribution is 0.362. The van der Waals surface area contributed by atoms with Crippen molar-refractivity contribution in [1.29, 1.82) is 0 Å². The predicted octanol–water partition coefficient (Wildman–Crippen LogP) is 4.15. The van der Waals surface area contributed by atoms with E-state index in [1.54, 1.807) is 0 Å². The van der Waals surface area contributed by atoms with Crippen molar-refractivity contribution in [3.63, 3.8) is 0 Å². The van der Waals surface area contributed by atoms with Gasteiger partial charge in [0.1, 0.15) is 6.04 Å². The predicted molar refractivity (Wildman–Crippen MR) is 80.8 cm³/mol. The first kappa shape index (κ1) is 14.6. The molecule has 0 radical (unpaired) electrons. The molecule has 0 spiro atoms. The number of benzene rings is 1. The van der Waals surface area contributed by atoms with E-state index >= 15 is 0 Å². The monoisotopic (exact) mass is 273 g/mol. The fourth-order valence-electron chi connectivity index (χ4n) is 2.03. The average Bonchev–Trinajstić information content (AvgIpc) is 2.95. The Morgan fingerprint density at radius 2 is 1.95 bits per heavy atom. The van der Waals surface area contributed by atoms with Crippen molar-refractivity contribution in [2.75, 3.05) is 5.32 Å². The van der Waals surface area contributed by atoms with Gasteiger partial charge in [0.2, 0.25) is 5.89 Å². The van der Waals surface area contributed by atoms with E-state index in [0.717, 1.165) is 37.2 Å². The minimum absolute atomic E-state index is 0.0188. The molecule has 4 nitrogen and oxygen atoms in total. The van der Waals surface area contributed by atoms with Gasteiger partial charge in [-0.3, -0.25) is 0 Å². The number of rotatable bonds is 7. The number of unbranched alkanes of at least 4 members (excludes halogenated alkanes) is 1. The van der Waals surface area contributed by atoms with Crippen LogP contribution < -0.4 is 5.32 Å². The van der Waals surface area contributed by atoms with E-state index in [0.29, 0.717) is 5.89 Å². The van der Waals surface area contributed by atoms with E-state index < -0.39 is 0 Å². The molecule has 108 valence electrons. The number of nitrogens with one attached hydrogen (secondary N) is 1. The smallest absolute Gasteiger partial charge is 0.248 e. The third-order valence-electron chi connectivity index (χ3n) is 3.35. The van der Waals surface area contributed by atoms with Gasteiger partial charge < -0.3 is 9.84 Å². The van der Waals surface area contributed by atoms with Gasteiger partial charge in [0, 0.05) is 12.1 Å². The second kappa shape index (κ2) is 7.08. The van der Waals surface area contributed by atoms with Crippen LogP contribution in [0.25, 0.3) is 0 Å². The molecule has 0 aliphatic heterocycles. The van der Waals surface area contributed by atoms with Gasteiger partial charge in [-0.2, -0.15) is 4.98 Å². The molecule has 0 bridgehead atoms. The van der Waals surface area contributed by atoms with Crippen LogP contribution in [0.5, 0.6) is 0 Å². The molecule has 2 rings (SSSR count). The molecule has 0 fully saturated rings. The minimum Gasteiger partial charge on any atom is -0.374 e. The molecule has 1 atom stereocenters. The quantitative estimate of drug-likeness (QED) is 0.823. The zero-order chi connectivity index (χ0) is 14.4.